The lowest BCUT2D eigenvalue weighted by atomic mass is 9.79. The van der Waals surface area contributed by atoms with Crippen molar-refractivity contribution in [1.29, 1.82) is 0 Å². The number of rotatable bonds is 7. The molecule has 3 rings (SSSR count). The lowest BCUT2D eigenvalue weighted by molar-refractivity contribution is -0.120. The first-order valence-corrected chi connectivity index (χ1v) is 11.2. The molecule has 0 saturated carbocycles. The predicted molar refractivity (Wildman–Crippen MR) is 129 cm³/mol. The fourth-order valence-electron chi connectivity index (χ4n) is 4.41. The molecule has 0 aromatic heterocycles. The molecular formula is C25H32ClN3O2. The molecule has 1 atom stereocenters. The zero-order chi connectivity index (χ0) is 22.6. The number of halogens is 1. The number of carbonyl (C=O) groups is 1. The number of carbonyl (C=O) groups excluding carboxylic acids is 1. The molecule has 0 spiro atoms. The number of hydrazone groups is 1. The van der Waals surface area contributed by atoms with Gasteiger partial charge in [-0.15, -0.1) is 0 Å². The Morgan fingerprint density at radius 1 is 1.32 bits per heavy atom. The third-order valence-electron chi connectivity index (χ3n) is 5.87. The van der Waals surface area contributed by atoms with Crippen LogP contribution in [0.3, 0.4) is 0 Å². The molecule has 1 aliphatic heterocycles. The van der Waals surface area contributed by atoms with E-state index in [0.717, 1.165) is 36.3 Å². The molecule has 0 fully saturated rings. The van der Waals surface area contributed by atoms with Crippen molar-refractivity contribution in [2.45, 2.75) is 58.4 Å². The number of methoxy groups -OCH3 is 1. The largest absolute Gasteiger partial charge is 0.497 e. The second-order valence-electron chi connectivity index (χ2n) is 8.82. The van der Waals surface area contributed by atoms with Gasteiger partial charge >= 0.3 is 0 Å². The third-order valence-corrected chi connectivity index (χ3v) is 6.20. The molecule has 1 unspecified atom stereocenters. The summed E-state index contributed by atoms with van der Waals surface area (Å²) in [6.45, 7) is 10.0. The van der Waals surface area contributed by atoms with Gasteiger partial charge in [0.15, 0.2) is 0 Å². The minimum absolute atomic E-state index is 0.0940. The molecule has 1 heterocycles. The fourth-order valence-corrected chi connectivity index (χ4v) is 4.62. The summed E-state index contributed by atoms with van der Waals surface area (Å²) in [5.41, 5.74) is 6.89. The fraction of sp³-hybridized carbons (Fsp3) is 0.440. The Hall–Kier alpha value is -2.53. The highest BCUT2D eigenvalue weighted by molar-refractivity contribution is 6.33. The van der Waals surface area contributed by atoms with Crippen molar-refractivity contribution >= 4 is 29.4 Å². The second kappa shape index (κ2) is 9.73. The van der Waals surface area contributed by atoms with Crippen LogP contribution < -0.4 is 15.1 Å². The Bertz CT molecular complexity index is 954. The maximum absolute atomic E-state index is 12.2. The number of anilines is 1. The summed E-state index contributed by atoms with van der Waals surface area (Å²) in [7, 11) is 1.62. The van der Waals surface area contributed by atoms with E-state index in [0.29, 0.717) is 10.9 Å². The van der Waals surface area contributed by atoms with Crippen LogP contribution in [0.2, 0.25) is 5.02 Å². The van der Waals surface area contributed by atoms with Crippen molar-refractivity contribution in [1.82, 2.24) is 5.43 Å². The van der Waals surface area contributed by atoms with Crippen molar-refractivity contribution in [3.63, 3.8) is 0 Å². The quantitative estimate of drug-likeness (QED) is 0.453. The van der Waals surface area contributed by atoms with E-state index in [9.17, 15) is 4.79 Å². The molecule has 6 heteroatoms. The van der Waals surface area contributed by atoms with Gasteiger partial charge in [0.05, 0.1) is 24.8 Å². The molecule has 2 aromatic carbocycles. The van der Waals surface area contributed by atoms with Crippen LogP contribution in [0.15, 0.2) is 41.5 Å². The van der Waals surface area contributed by atoms with E-state index in [2.05, 4.69) is 49.2 Å². The minimum Gasteiger partial charge on any atom is -0.497 e. The van der Waals surface area contributed by atoms with Gasteiger partial charge in [0.1, 0.15) is 5.75 Å². The van der Waals surface area contributed by atoms with Gasteiger partial charge in [-0.25, -0.2) is 5.43 Å². The topological polar surface area (TPSA) is 53.9 Å². The molecule has 0 radical (unpaired) electrons. The van der Waals surface area contributed by atoms with Gasteiger partial charge in [0.2, 0.25) is 5.91 Å². The zero-order valence-corrected chi connectivity index (χ0v) is 19.8. The van der Waals surface area contributed by atoms with Crippen LogP contribution >= 0.6 is 11.6 Å². The average Bonchev–Trinajstić information content (AvgIpc) is 2.72. The van der Waals surface area contributed by atoms with Gasteiger partial charge in [-0.3, -0.25) is 4.79 Å². The average molecular weight is 442 g/mol. The third kappa shape index (κ3) is 5.40. The minimum atomic E-state index is -0.181. The van der Waals surface area contributed by atoms with Gasteiger partial charge in [-0.2, -0.15) is 5.10 Å². The summed E-state index contributed by atoms with van der Waals surface area (Å²) < 4.78 is 5.14. The van der Waals surface area contributed by atoms with Gasteiger partial charge in [0.25, 0.3) is 0 Å². The van der Waals surface area contributed by atoms with Gasteiger partial charge in [-0.05, 0) is 68.0 Å². The molecule has 31 heavy (non-hydrogen) atoms. The van der Waals surface area contributed by atoms with Crippen molar-refractivity contribution in [2.75, 3.05) is 18.6 Å². The number of ether oxygens (including phenoxy) is 1. The molecule has 1 amide bonds. The Balaban J connectivity index is 1.72. The first kappa shape index (κ1) is 23.1. The van der Waals surface area contributed by atoms with Crippen molar-refractivity contribution < 1.29 is 9.53 Å². The molecule has 1 N–H and O–H groups in total. The number of fused-ring (bicyclic) bond motifs is 1. The predicted octanol–water partition coefficient (Wildman–Crippen LogP) is 5.54. The maximum Gasteiger partial charge on any atom is 0.244 e. The molecule has 2 aromatic rings. The van der Waals surface area contributed by atoms with Crippen LogP contribution in [0.1, 0.15) is 63.1 Å². The number of hydrogen-bond acceptors (Lipinski definition) is 4. The first-order valence-electron chi connectivity index (χ1n) is 10.8. The summed E-state index contributed by atoms with van der Waals surface area (Å²) in [6, 6.07) is 11.6. The first-order chi connectivity index (χ1) is 14.7. The number of hydrogen-bond donors (Lipinski definition) is 1. The van der Waals surface area contributed by atoms with E-state index in [1.165, 1.54) is 11.3 Å². The zero-order valence-electron chi connectivity index (χ0n) is 19.0. The van der Waals surface area contributed by atoms with Crippen LogP contribution in [-0.2, 0) is 11.2 Å². The lowest BCUT2D eigenvalue weighted by Crippen LogP contribution is -2.48. The summed E-state index contributed by atoms with van der Waals surface area (Å²) in [5.74, 6) is 1.01. The standard InChI is InChI=1S/C25H32ClN3O2/c1-6-11-29-23-14-22(26)19(13-21(23)17(2)15-25(29,3)4)16-27-28-24(30)12-18-7-9-20(31-5)10-8-18/h7-10,13-14,16-17H,6,11-12,15H2,1-5H3,(H,28,30)/b27-16+. The van der Waals surface area contributed by atoms with E-state index in [4.69, 9.17) is 16.3 Å². The van der Waals surface area contributed by atoms with E-state index < -0.39 is 0 Å². The number of benzene rings is 2. The molecular weight excluding hydrogens is 410 g/mol. The summed E-state index contributed by atoms with van der Waals surface area (Å²) in [5, 5.41) is 4.78. The Labute approximate surface area is 190 Å². The second-order valence-corrected chi connectivity index (χ2v) is 9.23. The van der Waals surface area contributed by atoms with Crippen LogP contribution in [0.25, 0.3) is 0 Å². The lowest BCUT2D eigenvalue weighted by Gasteiger charge is -2.47. The highest BCUT2D eigenvalue weighted by atomic mass is 35.5. The van der Waals surface area contributed by atoms with Crippen LogP contribution in [0, 0.1) is 0 Å². The van der Waals surface area contributed by atoms with E-state index >= 15 is 0 Å². The van der Waals surface area contributed by atoms with Crippen LogP contribution in [0.5, 0.6) is 5.75 Å². The summed E-state index contributed by atoms with van der Waals surface area (Å²) in [4.78, 5) is 14.7. The highest BCUT2D eigenvalue weighted by Gasteiger charge is 2.36. The van der Waals surface area contributed by atoms with Crippen molar-refractivity contribution in [3.8, 4) is 5.75 Å². The van der Waals surface area contributed by atoms with Gasteiger partial charge in [0, 0.05) is 23.3 Å². The molecule has 0 bridgehead atoms. The maximum atomic E-state index is 12.2. The Morgan fingerprint density at radius 2 is 2.03 bits per heavy atom. The molecule has 166 valence electrons. The van der Waals surface area contributed by atoms with Gasteiger partial charge in [-0.1, -0.05) is 37.6 Å². The number of nitrogens with one attached hydrogen (secondary N) is 1. The normalized spacial score (nSPS) is 17.5. The van der Waals surface area contributed by atoms with Gasteiger partial charge < -0.3 is 9.64 Å². The number of nitrogens with zero attached hydrogens (tertiary/aromatic N) is 2. The SMILES string of the molecule is CCCN1c2cc(Cl)c(/C=N/NC(=O)Cc3ccc(OC)cc3)cc2C(C)CC1(C)C. The number of amides is 1. The van der Waals surface area contributed by atoms with Crippen LogP contribution in [-0.4, -0.2) is 31.3 Å². The van der Waals surface area contributed by atoms with E-state index in [1.807, 2.05) is 30.3 Å². The van der Waals surface area contributed by atoms with Crippen molar-refractivity contribution in [2.24, 2.45) is 5.10 Å². The van der Waals surface area contributed by atoms with E-state index in [1.54, 1.807) is 13.3 Å². The van der Waals surface area contributed by atoms with Crippen molar-refractivity contribution in [3.05, 3.63) is 58.1 Å². The highest BCUT2D eigenvalue weighted by Crippen LogP contribution is 2.45. The molecule has 0 saturated heterocycles. The van der Waals surface area contributed by atoms with Crippen LogP contribution in [0.4, 0.5) is 5.69 Å². The summed E-state index contributed by atoms with van der Waals surface area (Å²) >= 11 is 6.60. The Kier molecular flexibility index (Phi) is 7.26. The monoisotopic (exact) mass is 441 g/mol. The van der Waals surface area contributed by atoms with E-state index in [-0.39, 0.29) is 17.9 Å². The molecule has 1 aliphatic rings. The smallest absolute Gasteiger partial charge is 0.244 e. The molecule has 0 aliphatic carbocycles. The molecule has 5 nitrogen and oxygen atoms in total. The summed E-state index contributed by atoms with van der Waals surface area (Å²) in [6.07, 6.45) is 4.04. The Morgan fingerprint density at radius 3 is 2.68 bits per heavy atom.